The zero-order chi connectivity index (χ0) is 27.4. The minimum Gasteiger partial charge on any atom is -0.375 e. The highest BCUT2D eigenvalue weighted by atomic mass is 16.5. The summed E-state index contributed by atoms with van der Waals surface area (Å²) in [6.45, 7) is 8.55. The number of carbonyl (C=O) groups is 5. The largest absolute Gasteiger partial charge is 0.375 e. The number of ether oxygens (including phenoxy) is 2. The van der Waals surface area contributed by atoms with E-state index in [1.165, 1.54) is 12.2 Å². The number of terminal acetylenes is 1. The van der Waals surface area contributed by atoms with Crippen molar-refractivity contribution >= 4 is 29.5 Å². The Hall–Kier alpha value is -3.23. The third-order valence-electron chi connectivity index (χ3n) is 5.53. The van der Waals surface area contributed by atoms with E-state index in [9.17, 15) is 24.0 Å². The van der Waals surface area contributed by atoms with Gasteiger partial charge in [0.15, 0.2) is 0 Å². The minimum atomic E-state index is -0.884. The van der Waals surface area contributed by atoms with E-state index in [0.29, 0.717) is 19.4 Å². The van der Waals surface area contributed by atoms with Crippen molar-refractivity contribution < 1.29 is 33.4 Å². The summed E-state index contributed by atoms with van der Waals surface area (Å²) >= 11 is 0. The van der Waals surface area contributed by atoms with E-state index in [-0.39, 0.29) is 50.8 Å². The number of primary amides is 1. The van der Waals surface area contributed by atoms with E-state index in [2.05, 4.69) is 16.6 Å². The Morgan fingerprint density at radius 3 is 2.17 bits per heavy atom. The molecule has 11 nitrogen and oxygen atoms in total. The molecule has 1 aliphatic heterocycles. The molecular formula is C25H38N4O7. The van der Waals surface area contributed by atoms with Crippen LogP contribution in [0.5, 0.6) is 0 Å². The van der Waals surface area contributed by atoms with Gasteiger partial charge in [-0.05, 0) is 40.5 Å². The lowest BCUT2D eigenvalue weighted by Crippen LogP contribution is -2.44. The summed E-state index contributed by atoms with van der Waals surface area (Å²) in [5.74, 6) is 0.205. The van der Waals surface area contributed by atoms with Crippen LogP contribution in [-0.4, -0.2) is 78.0 Å². The number of amides is 5. The highest BCUT2D eigenvalue weighted by Gasteiger charge is 2.25. The molecule has 200 valence electrons. The summed E-state index contributed by atoms with van der Waals surface area (Å²) in [5, 5.41) is 5.24. The van der Waals surface area contributed by atoms with Crippen LogP contribution in [-0.2, 0) is 33.4 Å². The second-order valence-corrected chi connectivity index (χ2v) is 9.66. The van der Waals surface area contributed by atoms with Crippen molar-refractivity contribution in [2.24, 2.45) is 5.73 Å². The van der Waals surface area contributed by atoms with E-state index in [0.717, 1.165) is 4.90 Å². The second kappa shape index (κ2) is 14.4. The average molecular weight is 507 g/mol. The molecule has 1 heterocycles. The van der Waals surface area contributed by atoms with E-state index in [4.69, 9.17) is 21.6 Å². The molecule has 0 unspecified atom stereocenters. The number of imide groups is 1. The molecule has 0 fully saturated rings. The van der Waals surface area contributed by atoms with E-state index < -0.39 is 35.0 Å². The Labute approximate surface area is 212 Å². The van der Waals surface area contributed by atoms with Crippen LogP contribution < -0.4 is 16.4 Å². The predicted octanol–water partition coefficient (Wildman–Crippen LogP) is 0.172. The van der Waals surface area contributed by atoms with Crippen molar-refractivity contribution in [1.82, 2.24) is 15.5 Å². The van der Waals surface area contributed by atoms with Crippen LogP contribution in [0.4, 0.5) is 0 Å². The van der Waals surface area contributed by atoms with Crippen molar-refractivity contribution in [2.45, 2.75) is 77.0 Å². The number of hydrogen-bond acceptors (Lipinski definition) is 7. The highest BCUT2D eigenvalue weighted by Crippen LogP contribution is 2.20. The zero-order valence-corrected chi connectivity index (χ0v) is 21.6. The van der Waals surface area contributed by atoms with Crippen LogP contribution >= 0.6 is 0 Å². The van der Waals surface area contributed by atoms with E-state index in [1.54, 1.807) is 0 Å². The molecule has 36 heavy (non-hydrogen) atoms. The van der Waals surface area contributed by atoms with Gasteiger partial charge in [-0.2, -0.15) is 0 Å². The summed E-state index contributed by atoms with van der Waals surface area (Å²) in [5.41, 5.74) is 4.14. The molecule has 0 bridgehead atoms. The summed E-state index contributed by atoms with van der Waals surface area (Å²) in [6, 6.07) is -0.884. The fourth-order valence-corrected chi connectivity index (χ4v) is 3.21. The topological polar surface area (TPSA) is 157 Å². The summed E-state index contributed by atoms with van der Waals surface area (Å²) in [7, 11) is 0. The molecule has 0 aromatic heterocycles. The number of nitrogens with one attached hydrogen (secondary N) is 2. The first kappa shape index (κ1) is 30.8. The van der Waals surface area contributed by atoms with Gasteiger partial charge in [-0.3, -0.25) is 28.9 Å². The Morgan fingerprint density at radius 1 is 1.00 bits per heavy atom. The number of carbonyl (C=O) groups excluding carboxylic acids is 5. The molecular weight excluding hydrogens is 468 g/mol. The first-order chi connectivity index (χ1) is 16.8. The van der Waals surface area contributed by atoms with Gasteiger partial charge in [0, 0.05) is 44.5 Å². The first-order valence-corrected chi connectivity index (χ1v) is 11.9. The number of hydrogen-bond donors (Lipinski definition) is 3. The molecule has 0 saturated carbocycles. The fourth-order valence-electron chi connectivity index (χ4n) is 3.21. The van der Waals surface area contributed by atoms with Crippen molar-refractivity contribution in [2.75, 3.05) is 26.3 Å². The van der Waals surface area contributed by atoms with E-state index in [1.807, 2.05) is 27.7 Å². The lowest BCUT2D eigenvalue weighted by atomic mass is 10.0. The summed E-state index contributed by atoms with van der Waals surface area (Å²) in [6.07, 6.45) is 8.77. The summed E-state index contributed by atoms with van der Waals surface area (Å²) in [4.78, 5) is 59.4. The van der Waals surface area contributed by atoms with Crippen molar-refractivity contribution in [3.05, 3.63) is 12.2 Å². The first-order valence-electron chi connectivity index (χ1n) is 11.9. The van der Waals surface area contributed by atoms with Crippen molar-refractivity contribution in [3.8, 4) is 12.3 Å². The summed E-state index contributed by atoms with van der Waals surface area (Å²) < 4.78 is 11.8. The molecule has 11 heteroatoms. The molecule has 4 N–H and O–H groups in total. The molecule has 1 rings (SSSR count). The maximum atomic E-state index is 12.1. The maximum absolute atomic E-state index is 12.1. The SMILES string of the molecule is C#CC[C@H](NC(=O)CCC(C)(C)OCCC(C)(C)OCCNC(=O)CCN1C(=O)C=CC1=O)C(N)=O. The maximum Gasteiger partial charge on any atom is 0.253 e. The van der Waals surface area contributed by atoms with Gasteiger partial charge in [0.2, 0.25) is 17.7 Å². The second-order valence-electron chi connectivity index (χ2n) is 9.66. The zero-order valence-electron chi connectivity index (χ0n) is 21.6. The average Bonchev–Trinajstić information content (AvgIpc) is 3.10. The monoisotopic (exact) mass is 506 g/mol. The standard InChI is InChI=1S/C25H38N4O7/c1-6-7-18(23(26)34)28-20(31)10-12-24(2,3)35-16-13-25(4,5)36-17-14-27-19(30)11-15-29-21(32)8-9-22(29)33/h1,8-9,18H,7,10-17H2,2-5H3,(H2,26,34)(H,27,30)(H,28,31)/t18-/m0/s1. The third-order valence-corrected chi connectivity index (χ3v) is 5.53. The molecule has 0 spiro atoms. The molecule has 5 amide bonds. The number of rotatable bonds is 17. The molecule has 0 aromatic rings. The Balaban J connectivity index is 2.24. The van der Waals surface area contributed by atoms with Crippen LogP contribution in [0.2, 0.25) is 0 Å². The Morgan fingerprint density at radius 2 is 1.58 bits per heavy atom. The molecule has 1 aliphatic rings. The van der Waals surface area contributed by atoms with Gasteiger partial charge in [0.25, 0.3) is 11.8 Å². The minimum absolute atomic E-state index is 0.0244. The van der Waals surface area contributed by atoms with Crippen molar-refractivity contribution in [3.63, 3.8) is 0 Å². The Bertz CT molecular complexity index is 871. The quantitative estimate of drug-likeness (QED) is 0.144. The predicted molar refractivity (Wildman–Crippen MR) is 132 cm³/mol. The number of nitrogens with zero attached hydrogens (tertiary/aromatic N) is 1. The van der Waals surface area contributed by atoms with Crippen LogP contribution in [0.25, 0.3) is 0 Å². The van der Waals surface area contributed by atoms with Gasteiger partial charge in [-0.15, -0.1) is 12.3 Å². The van der Waals surface area contributed by atoms with Gasteiger partial charge < -0.3 is 25.8 Å². The smallest absolute Gasteiger partial charge is 0.253 e. The lowest BCUT2D eigenvalue weighted by molar-refractivity contribution is -0.137. The van der Waals surface area contributed by atoms with Gasteiger partial charge in [0.05, 0.1) is 24.4 Å². The molecule has 0 aromatic carbocycles. The van der Waals surface area contributed by atoms with Crippen LogP contribution in [0, 0.1) is 12.3 Å². The van der Waals surface area contributed by atoms with Crippen LogP contribution in [0.15, 0.2) is 12.2 Å². The number of nitrogens with two attached hydrogens (primary N) is 1. The Kier molecular flexibility index (Phi) is 12.3. The van der Waals surface area contributed by atoms with Crippen molar-refractivity contribution in [1.29, 1.82) is 0 Å². The van der Waals surface area contributed by atoms with Gasteiger partial charge in [-0.1, -0.05) is 0 Å². The fraction of sp³-hybridized carbons (Fsp3) is 0.640. The van der Waals surface area contributed by atoms with Gasteiger partial charge in [-0.25, -0.2) is 0 Å². The third kappa shape index (κ3) is 12.0. The molecule has 0 saturated heterocycles. The lowest BCUT2D eigenvalue weighted by Gasteiger charge is -2.30. The highest BCUT2D eigenvalue weighted by molar-refractivity contribution is 6.13. The molecule has 0 radical (unpaired) electrons. The normalized spacial score (nSPS) is 14.5. The van der Waals surface area contributed by atoms with Gasteiger partial charge in [0.1, 0.15) is 6.04 Å². The van der Waals surface area contributed by atoms with Crippen LogP contribution in [0.3, 0.4) is 0 Å². The molecule has 0 aliphatic carbocycles. The molecule has 1 atom stereocenters. The van der Waals surface area contributed by atoms with E-state index >= 15 is 0 Å². The van der Waals surface area contributed by atoms with Crippen LogP contribution in [0.1, 0.15) is 59.8 Å². The van der Waals surface area contributed by atoms with Gasteiger partial charge >= 0.3 is 0 Å².